The van der Waals surface area contributed by atoms with Crippen LogP contribution in [0.5, 0.6) is 5.88 Å². The number of likely N-dealkylation sites (tertiary alicyclic amines) is 1. The molecule has 2 rings (SSSR count). The van der Waals surface area contributed by atoms with Crippen molar-refractivity contribution in [3.05, 3.63) is 28.0 Å². The molecular formula is C14H18N2O5. The number of aromatic hydroxyl groups is 1. The van der Waals surface area contributed by atoms with E-state index in [1.807, 2.05) is 0 Å². The first-order chi connectivity index (χ1) is 10.0. The number of nitrogens with one attached hydrogen (secondary N) is 1. The van der Waals surface area contributed by atoms with Gasteiger partial charge < -0.3 is 14.7 Å². The lowest BCUT2D eigenvalue weighted by molar-refractivity contribution is -0.149. The van der Waals surface area contributed by atoms with Gasteiger partial charge in [-0.25, -0.2) is 0 Å². The van der Waals surface area contributed by atoms with Gasteiger partial charge in [0.1, 0.15) is 0 Å². The van der Waals surface area contributed by atoms with Gasteiger partial charge in [-0.05, 0) is 19.8 Å². The number of carbonyl (C=O) groups is 2. The Hall–Kier alpha value is -2.31. The molecule has 1 amide bonds. The van der Waals surface area contributed by atoms with E-state index < -0.39 is 5.56 Å². The van der Waals surface area contributed by atoms with Crippen molar-refractivity contribution in [1.29, 1.82) is 0 Å². The van der Waals surface area contributed by atoms with Gasteiger partial charge >= 0.3 is 5.97 Å². The lowest BCUT2D eigenvalue weighted by atomic mass is 9.97. The third kappa shape index (κ3) is 3.62. The number of pyridine rings is 1. The van der Waals surface area contributed by atoms with Gasteiger partial charge in [0.05, 0.1) is 18.1 Å². The van der Waals surface area contributed by atoms with Crippen LogP contribution in [0, 0.1) is 5.92 Å². The molecule has 0 spiro atoms. The van der Waals surface area contributed by atoms with Crippen LogP contribution in [-0.4, -0.2) is 46.6 Å². The molecule has 1 aliphatic rings. The molecule has 1 aromatic rings. The summed E-state index contributed by atoms with van der Waals surface area (Å²) in [4.78, 5) is 39.1. The highest BCUT2D eigenvalue weighted by Crippen LogP contribution is 2.20. The number of carbonyl (C=O) groups excluding carboxylic acids is 2. The van der Waals surface area contributed by atoms with E-state index in [2.05, 4.69) is 4.98 Å². The van der Waals surface area contributed by atoms with E-state index in [-0.39, 0.29) is 35.8 Å². The number of nitrogens with zero attached hydrogens (tertiary/aromatic N) is 1. The summed E-state index contributed by atoms with van der Waals surface area (Å²) in [6.07, 6.45) is 1.38. The van der Waals surface area contributed by atoms with Crippen LogP contribution < -0.4 is 5.56 Å². The zero-order chi connectivity index (χ0) is 15.4. The molecule has 2 heterocycles. The maximum atomic E-state index is 12.3. The van der Waals surface area contributed by atoms with Crippen molar-refractivity contribution >= 4 is 11.9 Å². The second-order valence-corrected chi connectivity index (χ2v) is 4.96. The molecule has 1 fully saturated rings. The molecular weight excluding hydrogens is 276 g/mol. The molecule has 2 N–H and O–H groups in total. The summed E-state index contributed by atoms with van der Waals surface area (Å²) in [5, 5.41) is 9.35. The largest absolute Gasteiger partial charge is 0.494 e. The van der Waals surface area contributed by atoms with Gasteiger partial charge in [0.15, 0.2) is 5.88 Å². The number of hydrogen-bond donors (Lipinski definition) is 2. The summed E-state index contributed by atoms with van der Waals surface area (Å²) in [6.45, 7) is 2.83. The van der Waals surface area contributed by atoms with Gasteiger partial charge in [0, 0.05) is 25.2 Å². The Morgan fingerprint density at radius 2 is 2.24 bits per heavy atom. The Labute approximate surface area is 121 Å². The smallest absolute Gasteiger partial charge is 0.310 e. The molecule has 114 valence electrons. The van der Waals surface area contributed by atoms with Gasteiger partial charge in [0.2, 0.25) is 0 Å². The predicted octanol–water partition coefficient (Wildman–Crippen LogP) is 0.496. The summed E-state index contributed by atoms with van der Waals surface area (Å²) in [5.74, 6) is -1.36. The molecule has 1 aromatic heterocycles. The quantitative estimate of drug-likeness (QED) is 0.791. The number of H-pyrrole nitrogens is 1. The molecule has 7 nitrogen and oxygen atoms in total. The summed E-state index contributed by atoms with van der Waals surface area (Å²) < 4.78 is 4.98. The van der Waals surface area contributed by atoms with E-state index in [4.69, 9.17) is 4.74 Å². The topological polar surface area (TPSA) is 99.7 Å². The van der Waals surface area contributed by atoms with E-state index in [1.54, 1.807) is 6.92 Å². The normalized spacial score (nSPS) is 18.3. The van der Waals surface area contributed by atoms with Crippen LogP contribution in [0.3, 0.4) is 0 Å². The number of ether oxygens (including phenoxy) is 1. The van der Waals surface area contributed by atoms with Gasteiger partial charge in [-0.15, -0.1) is 0 Å². The second-order valence-electron chi connectivity index (χ2n) is 4.96. The fraction of sp³-hybridized carbons (Fsp3) is 0.500. The summed E-state index contributed by atoms with van der Waals surface area (Å²) in [6, 6.07) is 2.34. The van der Waals surface area contributed by atoms with Crippen LogP contribution in [0.15, 0.2) is 16.9 Å². The molecule has 0 aliphatic carbocycles. The lowest BCUT2D eigenvalue weighted by Gasteiger charge is -2.31. The van der Waals surface area contributed by atoms with Gasteiger partial charge in [0.25, 0.3) is 11.5 Å². The molecule has 0 radical (unpaired) electrons. The molecule has 1 unspecified atom stereocenters. The van der Waals surface area contributed by atoms with Crippen molar-refractivity contribution < 1.29 is 19.4 Å². The van der Waals surface area contributed by atoms with E-state index in [0.717, 1.165) is 6.07 Å². The first kappa shape index (κ1) is 15.1. The molecule has 1 atom stereocenters. The first-order valence-electron chi connectivity index (χ1n) is 6.90. The number of aromatic amines is 1. The van der Waals surface area contributed by atoms with Crippen LogP contribution in [0.1, 0.15) is 30.1 Å². The van der Waals surface area contributed by atoms with Crippen LogP contribution in [0.25, 0.3) is 0 Å². The second kappa shape index (κ2) is 6.43. The van der Waals surface area contributed by atoms with Crippen molar-refractivity contribution in [2.75, 3.05) is 19.7 Å². The van der Waals surface area contributed by atoms with Gasteiger partial charge in [-0.2, -0.15) is 0 Å². The van der Waals surface area contributed by atoms with Crippen LogP contribution >= 0.6 is 0 Å². The Bertz CT molecular complexity index is 595. The average molecular weight is 294 g/mol. The van der Waals surface area contributed by atoms with E-state index in [0.29, 0.717) is 26.0 Å². The Morgan fingerprint density at radius 1 is 1.48 bits per heavy atom. The monoisotopic (exact) mass is 294 g/mol. The highest BCUT2D eigenvalue weighted by Gasteiger charge is 2.30. The molecule has 7 heteroatoms. The predicted molar refractivity (Wildman–Crippen MR) is 74.0 cm³/mol. The Kier molecular flexibility index (Phi) is 4.62. The van der Waals surface area contributed by atoms with E-state index in [9.17, 15) is 19.5 Å². The standard InChI is InChI=1S/C14H18N2O5/c1-2-21-14(20)9-4-3-5-16(8-9)13(19)10-6-11(17)15-12(18)7-10/h6-7,9H,2-5,8H2,1H3,(H2,15,17,18). The highest BCUT2D eigenvalue weighted by molar-refractivity contribution is 5.94. The molecule has 1 saturated heterocycles. The summed E-state index contributed by atoms with van der Waals surface area (Å²) in [7, 11) is 0. The zero-order valence-electron chi connectivity index (χ0n) is 11.8. The van der Waals surface area contributed by atoms with Crippen molar-refractivity contribution in [2.45, 2.75) is 19.8 Å². The Morgan fingerprint density at radius 3 is 2.90 bits per heavy atom. The minimum atomic E-state index is -0.544. The fourth-order valence-electron chi connectivity index (χ4n) is 2.45. The number of aromatic nitrogens is 1. The molecule has 0 bridgehead atoms. The molecule has 0 aromatic carbocycles. The van der Waals surface area contributed by atoms with Crippen molar-refractivity contribution in [3.8, 4) is 5.88 Å². The lowest BCUT2D eigenvalue weighted by Crippen LogP contribution is -2.43. The minimum absolute atomic E-state index is 0.112. The number of esters is 1. The summed E-state index contributed by atoms with van der Waals surface area (Å²) in [5.41, 5.74) is -0.432. The maximum absolute atomic E-state index is 12.3. The number of hydrogen-bond acceptors (Lipinski definition) is 5. The van der Waals surface area contributed by atoms with Crippen LogP contribution in [-0.2, 0) is 9.53 Å². The van der Waals surface area contributed by atoms with Crippen molar-refractivity contribution in [2.24, 2.45) is 5.92 Å². The SMILES string of the molecule is CCOC(=O)C1CCCN(C(=O)c2cc(O)[nH]c(=O)c2)C1. The number of rotatable bonds is 3. The first-order valence-corrected chi connectivity index (χ1v) is 6.90. The van der Waals surface area contributed by atoms with Crippen LogP contribution in [0.2, 0.25) is 0 Å². The van der Waals surface area contributed by atoms with E-state index in [1.165, 1.54) is 11.0 Å². The fourth-order valence-corrected chi connectivity index (χ4v) is 2.45. The van der Waals surface area contributed by atoms with Gasteiger partial charge in [-0.3, -0.25) is 19.4 Å². The minimum Gasteiger partial charge on any atom is -0.494 e. The number of piperidine rings is 1. The summed E-state index contributed by atoms with van der Waals surface area (Å²) >= 11 is 0. The third-order valence-electron chi connectivity index (χ3n) is 3.41. The Balaban J connectivity index is 2.11. The molecule has 1 aliphatic heterocycles. The zero-order valence-corrected chi connectivity index (χ0v) is 11.8. The van der Waals surface area contributed by atoms with Crippen LogP contribution in [0.4, 0.5) is 0 Å². The maximum Gasteiger partial charge on any atom is 0.310 e. The van der Waals surface area contributed by atoms with Crippen molar-refractivity contribution in [3.63, 3.8) is 0 Å². The average Bonchev–Trinajstić information content (AvgIpc) is 2.46. The third-order valence-corrected chi connectivity index (χ3v) is 3.41. The molecule has 21 heavy (non-hydrogen) atoms. The molecule has 0 saturated carbocycles. The van der Waals surface area contributed by atoms with Gasteiger partial charge in [-0.1, -0.05) is 0 Å². The highest BCUT2D eigenvalue weighted by atomic mass is 16.5. The number of amides is 1. The van der Waals surface area contributed by atoms with Crippen molar-refractivity contribution in [1.82, 2.24) is 9.88 Å². The van der Waals surface area contributed by atoms with E-state index >= 15 is 0 Å².